The van der Waals surface area contributed by atoms with E-state index in [1.54, 1.807) is 41.2 Å². The summed E-state index contributed by atoms with van der Waals surface area (Å²) in [6.07, 6.45) is 6.80. The second-order valence-corrected chi connectivity index (χ2v) is 9.99. The summed E-state index contributed by atoms with van der Waals surface area (Å²) in [5.41, 5.74) is 9.69. The van der Waals surface area contributed by atoms with E-state index in [-0.39, 0.29) is 22.9 Å². The minimum Gasteiger partial charge on any atom is -0.383 e. The number of nitrogens with zero attached hydrogens (tertiary/aromatic N) is 5. The number of carbonyl (C=O) groups is 1. The van der Waals surface area contributed by atoms with E-state index in [9.17, 15) is 19.2 Å². The predicted molar refractivity (Wildman–Crippen MR) is 160 cm³/mol. The lowest BCUT2D eigenvalue weighted by Crippen LogP contribution is -2.27. The maximum atomic E-state index is 13.6. The lowest BCUT2D eigenvalue weighted by Gasteiger charge is -2.18. The molecule has 0 atom stereocenters. The number of nitrogens with two attached hydrogens (primary N) is 1. The Kier molecular flexibility index (Phi) is 7.67. The third-order valence-electron chi connectivity index (χ3n) is 6.94. The van der Waals surface area contributed by atoms with Crippen molar-refractivity contribution in [3.8, 4) is 39.4 Å². The van der Waals surface area contributed by atoms with Gasteiger partial charge in [0.25, 0.3) is 5.91 Å². The van der Waals surface area contributed by atoms with Crippen LogP contribution in [0.2, 0.25) is 0 Å². The average Bonchev–Trinajstić information content (AvgIpc) is 3.47. The van der Waals surface area contributed by atoms with Gasteiger partial charge in [-0.2, -0.15) is 10.4 Å². The minimum atomic E-state index is -0.633. The van der Waals surface area contributed by atoms with Crippen LogP contribution in [-0.4, -0.2) is 25.2 Å². The van der Waals surface area contributed by atoms with Crippen molar-refractivity contribution in [2.24, 2.45) is 0 Å². The molecule has 0 saturated carbocycles. The summed E-state index contributed by atoms with van der Waals surface area (Å²) in [6, 6.07) is 16.1. The molecule has 0 unspecified atom stereocenters. The van der Waals surface area contributed by atoms with E-state index in [0.29, 0.717) is 17.1 Å². The van der Waals surface area contributed by atoms with Crippen LogP contribution in [0.1, 0.15) is 42.9 Å². The molecular weight excluding hydrogens is 533 g/mol. The van der Waals surface area contributed by atoms with Gasteiger partial charge in [0.1, 0.15) is 29.0 Å². The molecule has 2 aromatic carbocycles. The van der Waals surface area contributed by atoms with E-state index in [1.165, 1.54) is 30.5 Å². The van der Waals surface area contributed by atoms with Crippen molar-refractivity contribution in [3.05, 3.63) is 107 Å². The molecule has 0 aliphatic heterocycles. The lowest BCUT2D eigenvalue weighted by molar-refractivity contribution is 0.102. The summed E-state index contributed by atoms with van der Waals surface area (Å²) >= 11 is 0. The van der Waals surface area contributed by atoms with Crippen molar-refractivity contribution >= 4 is 17.4 Å². The molecule has 3 N–H and O–H groups in total. The third-order valence-corrected chi connectivity index (χ3v) is 6.94. The number of nitrogen functional groups attached to an aromatic ring is 1. The maximum absolute atomic E-state index is 13.6. The Morgan fingerprint density at radius 1 is 1.02 bits per heavy atom. The van der Waals surface area contributed by atoms with Gasteiger partial charge in [-0.1, -0.05) is 24.3 Å². The van der Waals surface area contributed by atoms with Gasteiger partial charge in [-0.05, 0) is 62.2 Å². The molecule has 9 nitrogen and oxygen atoms in total. The Morgan fingerprint density at radius 3 is 2.33 bits per heavy atom. The molecule has 210 valence electrons. The number of aromatic nitrogens is 4. The molecule has 0 bridgehead atoms. The van der Waals surface area contributed by atoms with Gasteiger partial charge in [0, 0.05) is 53.6 Å². The molecule has 5 rings (SSSR count). The molecule has 1 amide bonds. The number of amides is 1. The number of carbonyl (C=O) groups excluding carboxylic acids is 1. The van der Waals surface area contributed by atoms with Gasteiger partial charge in [-0.15, -0.1) is 0 Å². The first kappa shape index (κ1) is 28.0. The number of hydrogen-bond acceptors (Lipinski definition) is 6. The number of nitrogens with one attached hydrogen (secondary N) is 1. The largest absolute Gasteiger partial charge is 0.383 e. The zero-order valence-electron chi connectivity index (χ0n) is 23.3. The first-order chi connectivity index (χ1) is 20.2. The highest BCUT2D eigenvalue weighted by atomic mass is 19.1. The summed E-state index contributed by atoms with van der Waals surface area (Å²) in [7, 11) is 0. The number of benzene rings is 2. The topological polar surface area (TPSA) is 132 Å². The van der Waals surface area contributed by atoms with Gasteiger partial charge in [0.2, 0.25) is 5.43 Å². The maximum Gasteiger partial charge on any atom is 0.261 e. The Hall–Kier alpha value is -5.56. The van der Waals surface area contributed by atoms with E-state index >= 15 is 0 Å². The number of nitriles is 1. The Morgan fingerprint density at radius 2 is 1.71 bits per heavy atom. The smallest absolute Gasteiger partial charge is 0.261 e. The van der Waals surface area contributed by atoms with E-state index in [0.717, 1.165) is 28.8 Å². The average molecular weight is 562 g/mol. The predicted octanol–water partition coefficient (Wildman–Crippen LogP) is 5.89. The Balaban J connectivity index is 1.46. The van der Waals surface area contributed by atoms with Crippen molar-refractivity contribution in [3.63, 3.8) is 0 Å². The molecule has 42 heavy (non-hydrogen) atoms. The van der Waals surface area contributed by atoms with Gasteiger partial charge in [-0.3, -0.25) is 14.3 Å². The summed E-state index contributed by atoms with van der Waals surface area (Å²) in [5.74, 6) is -0.750. The molecule has 0 aliphatic rings. The van der Waals surface area contributed by atoms with Crippen molar-refractivity contribution in [2.45, 2.75) is 33.4 Å². The normalized spacial score (nSPS) is 11.0. The van der Waals surface area contributed by atoms with E-state index in [4.69, 9.17) is 5.73 Å². The van der Waals surface area contributed by atoms with Crippen LogP contribution in [0.3, 0.4) is 0 Å². The molecule has 0 fully saturated rings. The molecule has 0 saturated heterocycles. The molecule has 0 spiro atoms. The standard InChI is InChI=1S/C32H28FN7O2/c1-4-39-17-23(16-37-39)22-13-26(31(35)36-15-22)20-7-11-25(12-8-20)38-32(42)27-18-40(19(2)3)28(14-34)29(30(27)41)21-5-9-24(33)10-6-21/h5-13,15-19H,4H2,1-3H3,(H2,35,36)(H,38,42). The van der Waals surface area contributed by atoms with Crippen LogP contribution < -0.4 is 16.5 Å². The van der Waals surface area contributed by atoms with Crippen LogP contribution in [0.4, 0.5) is 15.9 Å². The summed E-state index contributed by atoms with van der Waals surface area (Å²) in [5, 5.41) is 17.0. The van der Waals surface area contributed by atoms with Crippen LogP contribution in [-0.2, 0) is 6.54 Å². The van der Waals surface area contributed by atoms with Crippen LogP contribution >= 0.6 is 0 Å². The SMILES string of the molecule is CCn1cc(-c2cnc(N)c(-c3ccc(NC(=O)c4cn(C(C)C)c(C#N)c(-c5ccc(F)cc5)c4=O)cc3)c2)cn1. The number of rotatable bonds is 7. The third kappa shape index (κ3) is 5.40. The van der Waals surface area contributed by atoms with Crippen molar-refractivity contribution in [2.75, 3.05) is 11.1 Å². The number of hydrogen-bond donors (Lipinski definition) is 2. The van der Waals surface area contributed by atoms with Crippen LogP contribution in [0.5, 0.6) is 0 Å². The van der Waals surface area contributed by atoms with Gasteiger partial charge < -0.3 is 15.6 Å². The monoisotopic (exact) mass is 561 g/mol. The summed E-state index contributed by atoms with van der Waals surface area (Å²) in [6.45, 7) is 6.44. The Labute approximate surface area is 241 Å². The minimum absolute atomic E-state index is 0.0431. The fraction of sp³-hybridized carbons (Fsp3) is 0.156. The highest BCUT2D eigenvalue weighted by Gasteiger charge is 2.22. The lowest BCUT2D eigenvalue weighted by atomic mass is 10.00. The highest BCUT2D eigenvalue weighted by molar-refractivity contribution is 6.05. The molecular formula is C32H28FN7O2. The van der Waals surface area contributed by atoms with Crippen LogP contribution in [0.15, 0.2) is 84.2 Å². The second-order valence-electron chi connectivity index (χ2n) is 9.99. The summed E-state index contributed by atoms with van der Waals surface area (Å²) < 4.78 is 17.0. The molecule has 3 heterocycles. The van der Waals surface area contributed by atoms with Crippen molar-refractivity contribution in [1.29, 1.82) is 5.26 Å². The van der Waals surface area contributed by atoms with E-state index in [1.807, 2.05) is 37.7 Å². The molecule has 3 aromatic heterocycles. The van der Waals surface area contributed by atoms with E-state index in [2.05, 4.69) is 21.5 Å². The van der Waals surface area contributed by atoms with E-state index < -0.39 is 17.2 Å². The molecule has 0 aliphatic carbocycles. The van der Waals surface area contributed by atoms with Crippen molar-refractivity contribution < 1.29 is 9.18 Å². The zero-order valence-corrected chi connectivity index (χ0v) is 23.3. The fourth-order valence-corrected chi connectivity index (χ4v) is 4.68. The van der Waals surface area contributed by atoms with Gasteiger partial charge in [-0.25, -0.2) is 9.37 Å². The molecule has 5 aromatic rings. The first-order valence-corrected chi connectivity index (χ1v) is 13.4. The number of halogens is 1. The first-order valence-electron chi connectivity index (χ1n) is 13.4. The van der Waals surface area contributed by atoms with Crippen LogP contribution in [0, 0.1) is 17.1 Å². The highest BCUT2D eigenvalue weighted by Crippen LogP contribution is 2.30. The molecule has 0 radical (unpaired) electrons. The summed E-state index contributed by atoms with van der Waals surface area (Å²) in [4.78, 5) is 31.3. The Bertz CT molecular complexity index is 1880. The number of aryl methyl sites for hydroxylation is 1. The molecule has 10 heteroatoms. The quantitative estimate of drug-likeness (QED) is 0.255. The van der Waals surface area contributed by atoms with Gasteiger partial charge in [0.15, 0.2) is 0 Å². The van der Waals surface area contributed by atoms with Crippen molar-refractivity contribution in [1.82, 2.24) is 19.3 Å². The second kappa shape index (κ2) is 11.5. The number of pyridine rings is 2. The fourth-order valence-electron chi connectivity index (χ4n) is 4.68. The number of anilines is 2. The van der Waals surface area contributed by atoms with Gasteiger partial charge in [0.05, 0.1) is 11.8 Å². The van der Waals surface area contributed by atoms with Crippen LogP contribution in [0.25, 0.3) is 33.4 Å². The van der Waals surface area contributed by atoms with Gasteiger partial charge >= 0.3 is 0 Å². The zero-order chi connectivity index (χ0) is 30.0.